The van der Waals surface area contributed by atoms with Crippen molar-refractivity contribution in [1.82, 2.24) is 0 Å². The summed E-state index contributed by atoms with van der Waals surface area (Å²) in [6.07, 6.45) is 1.10. The van der Waals surface area contributed by atoms with Gasteiger partial charge in [-0.1, -0.05) is 26.0 Å². The van der Waals surface area contributed by atoms with Crippen molar-refractivity contribution in [3.63, 3.8) is 0 Å². The number of esters is 1. The molecule has 0 fully saturated rings. The Morgan fingerprint density at radius 3 is 2.37 bits per heavy atom. The fourth-order valence-corrected chi connectivity index (χ4v) is 3.30. The van der Waals surface area contributed by atoms with E-state index in [4.69, 9.17) is 4.74 Å². The van der Waals surface area contributed by atoms with Gasteiger partial charge < -0.3 is 10.1 Å². The molecule has 0 aliphatic carbocycles. The molecule has 0 spiro atoms. The summed E-state index contributed by atoms with van der Waals surface area (Å²) in [4.78, 5) is 37.3. The molecule has 0 aliphatic rings. The lowest BCUT2D eigenvalue weighted by Crippen LogP contribution is -2.21. The molecule has 2 rings (SSSR count). The molecule has 1 aromatic heterocycles. The lowest BCUT2D eigenvalue weighted by molar-refractivity contribution is -0.147. The van der Waals surface area contributed by atoms with E-state index in [9.17, 15) is 14.4 Å². The number of ketones is 1. The fraction of sp³-hybridized carbons (Fsp3) is 0.381. The zero-order valence-corrected chi connectivity index (χ0v) is 16.7. The Morgan fingerprint density at radius 1 is 1.07 bits per heavy atom. The molecule has 27 heavy (non-hydrogen) atoms. The first-order valence-electron chi connectivity index (χ1n) is 9.04. The number of rotatable bonds is 9. The molecule has 0 bridgehead atoms. The Labute approximate surface area is 163 Å². The predicted octanol–water partition coefficient (Wildman–Crippen LogP) is 4.71. The van der Waals surface area contributed by atoms with Crippen LogP contribution in [0.2, 0.25) is 0 Å². The van der Waals surface area contributed by atoms with Gasteiger partial charge >= 0.3 is 5.97 Å². The van der Waals surface area contributed by atoms with E-state index in [1.165, 1.54) is 16.9 Å². The second kappa shape index (κ2) is 10.0. The highest BCUT2D eigenvalue weighted by molar-refractivity contribution is 7.14. The first-order valence-corrected chi connectivity index (χ1v) is 9.85. The Balaban J connectivity index is 1.71. The smallest absolute Gasteiger partial charge is 0.306 e. The Hall–Kier alpha value is -2.47. The zero-order chi connectivity index (χ0) is 19.8. The molecular formula is C21H25NO4S. The van der Waals surface area contributed by atoms with E-state index in [1.807, 2.05) is 37.3 Å². The lowest BCUT2D eigenvalue weighted by atomic mass is 9.99. The highest BCUT2D eigenvalue weighted by Crippen LogP contribution is 2.20. The zero-order valence-electron chi connectivity index (χ0n) is 15.9. The minimum Gasteiger partial charge on any atom is -0.456 e. The first kappa shape index (κ1) is 20.8. The molecule has 1 aromatic carbocycles. The van der Waals surface area contributed by atoms with Gasteiger partial charge in [0.2, 0.25) is 0 Å². The molecule has 1 amide bonds. The van der Waals surface area contributed by atoms with Gasteiger partial charge in [-0.2, -0.15) is 0 Å². The molecule has 1 heterocycles. The van der Waals surface area contributed by atoms with Crippen molar-refractivity contribution in [3.8, 4) is 0 Å². The van der Waals surface area contributed by atoms with Crippen LogP contribution in [0, 0.1) is 6.92 Å². The fourth-order valence-electron chi connectivity index (χ4n) is 2.47. The maximum atomic E-state index is 12.0. The number of carbonyl (C=O) groups excluding carboxylic acids is 3. The van der Waals surface area contributed by atoms with Gasteiger partial charge in [0.15, 0.2) is 12.4 Å². The summed E-state index contributed by atoms with van der Waals surface area (Å²) in [7, 11) is 0. The second-order valence-electron chi connectivity index (χ2n) is 6.47. The summed E-state index contributed by atoms with van der Waals surface area (Å²) < 4.78 is 4.95. The van der Waals surface area contributed by atoms with Crippen LogP contribution in [0.1, 0.15) is 59.1 Å². The summed E-state index contributed by atoms with van der Waals surface area (Å²) in [5, 5.41) is 2.69. The molecule has 0 unspecified atom stereocenters. The third kappa shape index (κ3) is 6.64. The quantitative estimate of drug-likeness (QED) is 0.499. The van der Waals surface area contributed by atoms with Crippen molar-refractivity contribution in [2.45, 2.75) is 46.0 Å². The number of amides is 1. The Kier molecular flexibility index (Phi) is 7.73. The van der Waals surface area contributed by atoms with Crippen LogP contribution in [0.15, 0.2) is 36.4 Å². The molecule has 144 valence electrons. The van der Waals surface area contributed by atoms with Crippen LogP contribution < -0.4 is 5.32 Å². The molecule has 0 aliphatic heterocycles. The SMILES string of the molecule is CC[C@@H](C)c1ccc(NC(=O)COC(=O)CCC(=O)c2ccc(C)s2)cc1. The van der Waals surface area contributed by atoms with Gasteiger partial charge in [-0.05, 0) is 49.1 Å². The van der Waals surface area contributed by atoms with E-state index in [-0.39, 0.29) is 25.2 Å². The van der Waals surface area contributed by atoms with E-state index in [0.29, 0.717) is 16.5 Å². The highest BCUT2D eigenvalue weighted by Gasteiger charge is 2.13. The van der Waals surface area contributed by atoms with Crippen LogP contribution >= 0.6 is 11.3 Å². The number of hydrogen-bond acceptors (Lipinski definition) is 5. The van der Waals surface area contributed by atoms with Crippen LogP contribution in [-0.4, -0.2) is 24.3 Å². The number of ether oxygens (including phenoxy) is 1. The van der Waals surface area contributed by atoms with Crippen LogP contribution in [0.3, 0.4) is 0 Å². The van der Waals surface area contributed by atoms with Gasteiger partial charge in [-0.25, -0.2) is 0 Å². The van der Waals surface area contributed by atoms with Crippen molar-refractivity contribution in [2.24, 2.45) is 0 Å². The summed E-state index contributed by atoms with van der Waals surface area (Å²) >= 11 is 1.41. The van der Waals surface area contributed by atoms with Crippen LogP contribution in [0.5, 0.6) is 0 Å². The minimum absolute atomic E-state index is 0.0351. The number of carbonyl (C=O) groups is 3. The van der Waals surface area contributed by atoms with Crippen LogP contribution in [0.25, 0.3) is 0 Å². The standard InChI is InChI=1S/C21H25NO4S/c1-4-14(2)16-6-8-17(9-7-16)22-20(24)13-26-21(25)12-10-18(23)19-11-5-15(3)27-19/h5-9,11,14H,4,10,12-13H2,1-3H3,(H,22,24)/t14-/m1/s1. The molecular weight excluding hydrogens is 362 g/mol. The molecule has 0 saturated heterocycles. The number of Topliss-reactive ketones (excluding diaryl/α,β-unsaturated/α-hetero) is 1. The lowest BCUT2D eigenvalue weighted by Gasteiger charge is -2.10. The monoisotopic (exact) mass is 387 g/mol. The molecule has 2 aromatic rings. The number of aryl methyl sites for hydroxylation is 1. The third-order valence-electron chi connectivity index (χ3n) is 4.31. The maximum absolute atomic E-state index is 12.0. The molecule has 1 atom stereocenters. The largest absolute Gasteiger partial charge is 0.456 e. The van der Waals surface area contributed by atoms with Gasteiger partial charge in [0, 0.05) is 17.0 Å². The number of anilines is 1. The topological polar surface area (TPSA) is 72.5 Å². The van der Waals surface area contributed by atoms with E-state index < -0.39 is 11.9 Å². The van der Waals surface area contributed by atoms with E-state index in [2.05, 4.69) is 19.2 Å². The Bertz CT molecular complexity index is 795. The number of hydrogen-bond donors (Lipinski definition) is 1. The molecule has 5 nitrogen and oxygen atoms in total. The molecule has 0 saturated carbocycles. The summed E-state index contributed by atoms with van der Waals surface area (Å²) in [5.41, 5.74) is 1.87. The van der Waals surface area contributed by atoms with E-state index in [0.717, 1.165) is 11.3 Å². The summed E-state index contributed by atoms with van der Waals surface area (Å²) in [6.45, 7) is 5.84. The van der Waals surface area contributed by atoms with Gasteiger partial charge in [0.05, 0.1) is 11.3 Å². The highest BCUT2D eigenvalue weighted by atomic mass is 32.1. The number of thiophene rings is 1. The van der Waals surface area contributed by atoms with Crippen LogP contribution in [0.4, 0.5) is 5.69 Å². The average molecular weight is 388 g/mol. The van der Waals surface area contributed by atoms with Gasteiger partial charge in [0.1, 0.15) is 0 Å². The normalized spacial score (nSPS) is 11.7. The van der Waals surface area contributed by atoms with Gasteiger partial charge in [-0.3, -0.25) is 14.4 Å². The van der Waals surface area contributed by atoms with Crippen molar-refractivity contribution in [2.75, 3.05) is 11.9 Å². The number of nitrogens with one attached hydrogen (secondary N) is 1. The van der Waals surface area contributed by atoms with E-state index >= 15 is 0 Å². The van der Waals surface area contributed by atoms with E-state index in [1.54, 1.807) is 6.07 Å². The van der Waals surface area contributed by atoms with Crippen molar-refractivity contribution in [3.05, 3.63) is 51.7 Å². The predicted molar refractivity (Wildman–Crippen MR) is 107 cm³/mol. The summed E-state index contributed by atoms with van der Waals surface area (Å²) in [6, 6.07) is 11.3. The second-order valence-corrected chi connectivity index (χ2v) is 7.76. The first-order chi connectivity index (χ1) is 12.9. The summed E-state index contributed by atoms with van der Waals surface area (Å²) in [5.74, 6) is -0.578. The maximum Gasteiger partial charge on any atom is 0.306 e. The third-order valence-corrected chi connectivity index (χ3v) is 5.35. The molecule has 0 radical (unpaired) electrons. The van der Waals surface area contributed by atoms with Gasteiger partial charge in [0.25, 0.3) is 5.91 Å². The van der Waals surface area contributed by atoms with Crippen LogP contribution in [-0.2, 0) is 14.3 Å². The van der Waals surface area contributed by atoms with Gasteiger partial charge in [-0.15, -0.1) is 11.3 Å². The molecule has 1 N–H and O–H groups in total. The average Bonchev–Trinajstić information content (AvgIpc) is 3.11. The Morgan fingerprint density at radius 2 is 1.78 bits per heavy atom. The van der Waals surface area contributed by atoms with Crippen molar-refractivity contribution >= 4 is 34.7 Å². The van der Waals surface area contributed by atoms with Crippen molar-refractivity contribution in [1.29, 1.82) is 0 Å². The number of benzene rings is 1. The molecule has 6 heteroatoms. The minimum atomic E-state index is -0.557. The van der Waals surface area contributed by atoms with Crippen molar-refractivity contribution < 1.29 is 19.1 Å².